The molecule has 0 aliphatic carbocycles. The molecule has 5 heteroatoms. The Balaban J connectivity index is 2.05. The van der Waals surface area contributed by atoms with E-state index in [1.165, 1.54) is 0 Å². The number of quaternary nitrogens is 1. The van der Waals surface area contributed by atoms with Crippen LogP contribution in [0.3, 0.4) is 0 Å². The number of nitrogens with zero attached hydrogens (tertiary/aromatic N) is 4. The smallest absolute Gasteiger partial charge is 0.113 e. The van der Waals surface area contributed by atoms with Gasteiger partial charge in [-0.05, 0) is 19.1 Å². The van der Waals surface area contributed by atoms with Crippen LogP contribution in [0, 0.1) is 0 Å². The lowest BCUT2D eigenvalue weighted by Crippen LogP contribution is -2.48. The Bertz CT molecular complexity index is 477. The number of hydrogen-bond acceptors (Lipinski definition) is 3. The van der Waals surface area contributed by atoms with Crippen molar-refractivity contribution in [1.82, 2.24) is 15.0 Å². The number of fused-ring (bicyclic) bond motifs is 1. The zero-order chi connectivity index (χ0) is 13.0. The highest BCUT2D eigenvalue weighted by Gasteiger charge is 2.18. The highest BCUT2D eigenvalue weighted by Crippen LogP contribution is 2.08. The first-order valence-corrected chi connectivity index (χ1v) is 6.41. The molecular formula is C13H21N4O+. The van der Waals surface area contributed by atoms with Gasteiger partial charge in [-0.25, -0.2) is 0 Å². The van der Waals surface area contributed by atoms with E-state index in [0.717, 1.165) is 41.7 Å². The monoisotopic (exact) mass is 249 g/mol. The lowest BCUT2D eigenvalue weighted by atomic mass is 10.3. The molecule has 98 valence electrons. The summed E-state index contributed by atoms with van der Waals surface area (Å²) in [5.41, 5.74) is 1.87. The Morgan fingerprint density at radius 1 is 1.17 bits per heavy atom. The molecule has 1 heterocycles. The van der Waals surface area contributed by atoms with Gasteiger partial charge in [0.15, 0.2) is 0 Å². The van der Waals surface area contributed by atoms with Gasteiger partial charge in [-0.3, -0.25) is 0 Å². The van der Waals surface area contributed by atoms with Crippen LogP contribution in [0.15, 0.2) is 24.3 Å². The maximum Gasteiger partial charge on any atom is 0.113 e. The van der Waals surface area contributed by atoms with Crippen molar-refractivity contribution in [1.29, 1.82) is 0 Å². The van der Waals surface area contributed by atoms with Crippen LogP contribution < -0.4 is 0 Å². The fourth-order valence-corrected chi connectivity index (χ4v) is 2.00. The van der Waals surface area contributed by atoms with Crippen LogP contribution in [0.2, 0.25) is 0 Å². The zero-order valence-corrected chi connectivity index (χ0v) is 11.1. The van der Waals surface area contributed by atoms with Crippen molar-refractivity contribution < 1.29 is 9.59 Å². The molecule has 2 rings (SSSR count). The van der Waals surface area contributed by atoms with Crippen molar-refractivity contribution in [3.63, 3.8) is 0 Å². The summed E-state index contributed by atoms with van der Waals surface area (Å²) in [7, 11) is 2.15. The topological polar surface area (TPSA) is 50.9 Å². The summed E-state index contributed by atoms with van der Waals surface area (Å²) in [5.74, 6) is 0. The van der Waals surface area contributed by atoms with Crippen LogP contribution in [-0.4, -0.2) is 57.9 Å². The van der Waals surface area contributed by atoms with Crippen LogP contribution >= 0.6 is 0 Å². The summed E-state index contributed by atoms with van der Waals surface area (Å²) >= 11 is 0. The highest BCUT2D eigenvalue weighted by molar-refractivity contribution is 5.72. The number of aliphatic hydroxyl groups excluding tert-OH is 1. The summed E-state index contributed by atoms with van der Waals surface area (Å²) in [6.07, 6.45) is 0. The van der Waals surface area contributed by atoms with Gasteiger partial charge in [0.2, 0.25) is 0 Å². The van der Waals surface area contributed by atoms with Crippen LogP contribution in [0.1, 0.15) is 6.92 Å². The Morgan fingerprint density at radius 3 is 2.28 bits per heavy atom. The van der Waals surface area contributed by atoms with Crippen molar-refractivity contribution >= 4 is 11.0 Å². The summed E-state index contributed by atoms with van der Waals surface area (Å²) in [5, 5.41) is 18.0. The third-order valence-electron chi connectivity index (χ3n) is 3.57. The third-order valence-corrected chi connectivity index (χ3v) is 3.57. The van der Waals surface area contributed by atoms with Gasteiger partial charge in [0, 0.05) is 0 Å². The minimum atomic E-state index is 0.221. The van der Waals surface area contributed by atoms with Gasteiger partial charge in [-0.2, -0.15) is 15.0 Å². The van der Waals surface area contributed by atoms with Crippen molar-refractivity contribution in [2.24, 2.45) is 0 Å². The third kappa shape index (κ3) is 2.86. The molecule has 0 fully saturated rings. The summed E-state index contributed by atoms with van der Waals surface area (Å²) < 4.78 is 0.842. The second kappa shape index (κ2) is 5.46. The lowest BCUT2D eigenvalue weighted by molar-refractivity contribution is -0.908. The van der Waals surface area contributed by atoms with E-state index in [-0.39, 0.29) is 6.61 Å². The maximum atomic E-state index is 9.09. The van der Waals surface area contributed by atoms with E-state index in [9.17, 15) is 0 Å². The van der Waals surface area contributed by atoms with E-state index >= 15 is 0 Å². The average Bonchev–Trinajstić information content (AvgIpc) is 2.79. The molecule has 0 radical (unpaired) electrons. The Morgan fingerprint density at radius 2 is 1.78 bits per heavy atom. The minimum absolute atomic E-state index is 0.221. The fraction of sp³-hybridized carbons (Fsp3) is 0.538. The first-order chi connectivity index (χ1) is 8.67. The number of likely N-dealkylation sites (N-methyl/N-ethyl adjacent to an activating group) is 1. The summed E-state index contributed by atoms with van der Waals surface area (Å²) in [6.45, 7) is 5.84. The lowest BCUT2D eigenvalue weighted by Gasteiger charge is -2.32. The number of aromatic nitrogens is 3. The number of aliphatic hydroxyl groups is 1. The highest BCUT2D eigenvalue weighted by atomic mass is 16.3. The molecular weight excluding hydrogens is 228 g/mol. The average molecular weight is 249 g/mol. The molecule has 1 aromatic heterocycles. The van der Waals surface area contributed by atoms with E-state index in [2.05, 4.69) is 24.2 Å². The first-order valence-electron chi connectivity index (χ1n) is 6.41. The molecule has 18 heavy (non-hydrogen) atoms. The van der Waals surface area contributed by atoms with Gasteiger partial charge in [-0.15, -0.1) is 0 Å². The SMILES string of the molecule is CC[N+](C)(CCO)CCn1nc2ccccc2n1. The molecule has 2 aromatic rings. The van der Waals surface area contributed by atoms with Gasteiger partial charge in [0.1, 0.15) is 30.7 Å². The second-order valence-corrected chi connectivity index (χ2v) is 4.89. The van der Waals surface area contributed by atoms with E-state index < -0.39 is 0 Å². The molecule has 0 aliphatic heterocycles. The molecule has 1 N–H and O–H groups in total. The Kier molecular flexibility index (Phi) is 3.93. The van der Waals surface area contributed by atoms with Crippen LogP contribution in [0.25, 0.3) is 11.0 Å². The normalized spacial score (nSPS) is 14.8. The molecule has 0 saturated carbocycles. The van der Waals surface area contributed by atoms with Gasteiger partial charge in [0.05, 0.1) is 20.2 Å². The van der Waals surface area contributed by atoms with Crippen LogP contribution in [-0.2, 0) is 6.54 Å². The predicted octanol–water partition coefficient (Wildman–Crippen LogP) is 0.890. The van der Waals surface area contributed by atoms with Crippen LogP contribution in [0.5, 0.6) is 0 Å². The van der Waals surface area contributed by atoms with Crippen molar-refractivity contribution in [2.75, 3.05) is 33.3 Å². The maximum absolute atomic E-state index is 9.09. The molecule has 0 bridgehead atoms. The Labute approximate surface area is 107 Å². The van der Waals surface area contributed by atoms with Crippen molar-refractivity contribution in [3.05, 3.63) is 24.3 Å². The minimum Gasteiger partial charge on any atom is -0.391 e. The van der Waals surface area contributed by atoms with Crippen molar-refractivity contribution in [3.8, 4) is 0 Å². The van der Waals surface area contributed by atoms with Gasteiger partial charge >= 0.3 is 0 Å². The zero-order valence-electron chi connectivity index (χ0n) is 11.1. The van der Waals surface area contributed by atoms with Crippen LogP contribution in [0.4, 0.5) is 0 Å². The summed E-state index contributed by atoms with van der Waals surface area (Å²) in [6, 6.07) is 7.89. The molecule has 0 amide bonds. The quantitative estimate of drug-likeness (QED) is 0.774. The predicted molar refractivity (Wildman–Crippen MR) is 71.1 cm³/mol. The summed E-state index contributed by atoms with van der Waals surface area (Å²) in [4.78, 5) is 1.76. The van der Waals surface area contributed by atoms with Crippen molar-refractivity contribution in [2.45, 2.75) is 13.5 Å². The molecule has 0 spiro atoms. The molecule has 0 aliphatic rings. The standard InChI is InChI=1S/C13H21N4O/c1-3-17(2,10-11-18)9-8-16-14-12-6-4-5-7-13(12)15-16/h4-7,18H,3,8-11H2,1-2H3/q+1. The number of benzene rings is 1. The largest absolute Gasteiger partial charge is 0.391 e. The van der Waals surface area contributed by atoms with E-state index in [1.54, 1.807) is 4.80 Å². The first kappa shape index (κ1) is 13.0. The van der Waals surface area contributed by atoms with E-state index in [4.69, 9.17) is 5.11 Å². The number of rotatable bonds is 6. The van der Waals surface area contributed by atoms with Gasteiger partial charge in [-0.1, -0.05) is 12.1 Å². The fourth-order valence-electron chi connectivity index (χ4n) is 2.00. The van der Waals surface area contributed by atoms with Gasteiger partial charge in [0.25, 0.3) is 0 Å². The van der Waals surface area contributed by atoms with E-state index in [1.807, 2.05) is 24.3 Å². The number of hydrogen-bond donors (Lipinski definition) is 1. The Hall–Kier alpha value is -1.46. The van der Waals surface area contributed by atoms with E-state index in [0.29, 0.717) is 0 Å². The molecule has 0 saturated heterocycles. The molecule has 5 nitrogen and oxygen atoms in total. The molecule has 1 atom stereocenters. The van der Waals surface area contributed by atoms with Gasteiger partial charge < -0.3 is 9.59 Å². The molecule has 1 unspecified atom stereocenters. The second-order valence-electron chi connectivity index (χ2n) is 4.89. The molecule has 1 aromatic carbocycles.